The topological polar surface area (TPSA) is 50.7 Å². The summed E-state index contributed by atoms with van der Waals surface area (Å²) >= 11 is 0. The number of aliphatic imine (C=N–C) groups is 2. The van der Waals surface area contributed by atoms with Gasteiger partial charge in [0, 0.05) is 17.5 Å². The number of benzene rings is 1. The maximum Gasteiger partial charge on any atom is 0.0950 e. The average molecular weight is 223 g/mol. The van der Waals surface area contributed by atoms with Crippen LogP contribution in [-0.2, 0) is 0 Å². The van der Waals surface area contributed by atoms with Crippen LogP contribution in [0.15, 0.2) is 58.6 Å². The van der Waals surface area contributed by atoms with E-state index in [2.05, 4.69) is 22.1 Å². The Labute approximate surface area is 100 Å². The summed E-state index contributed by atoms with van der Waals surface area (Å²) in [6, 6.07) is 8.02. The molecule has 2 aliphatic rings. The van der Waals surface area contributed by atoms with Gasteiger partial charge in [-0.05, 0) is 12.1 Å². The molecule has 1 aromatic carbocycles. The Morgan fingerprint density at radius 1 is 1.06 bits per heavy atom. The van der Waals surface area contributed by atoms with Crippen LogP contribution in [0.4, 0.5) is 5.69 Å². The number of rotatable bonds is 1. The molecule has 3 heteroatoms. The first kappa shape index (κ1) is 10.0. The summed E-state index contributed by atoms with van der Waals surface area (Å²) in [5.74, 6) is 0. The quantitative estimate of drug-likeness (QED) is 0.727. The molecule has 84 valence electrons. The van der Waals surface area contributed by atoms with Gasteiger partial charge >= 0.3 is 0 Å². The molecule has 0 aromatic heterocycles. The van der Waals surface area contributed by atoms with E-state index in [1.807, 2.05) is 42.6 Å². The van der Waals surface area contributed by atoms with Gasteiger partial charge in [0.05, 0.1) is 17.8 Å². The smallest absolute Gasteiger partial charge is 0.0950 e. The molecule has 0 fully saturated rings. The van der Waals surface area contributed by atoms with Crippen LogP contribution in [0.1, 0.15) is 5.56 Å². The maximum absolute atomic E-state index is 5.77. The lowest BCUT2D eigenvalue weighted by molar-refractivity contribution is 0.700. The van der Waals surface area contributed by atoms with Gasteiger partial charge in [0.25, 0.3) is 0 Å². The van der Waals surface area contributed by atoms with Crippen LogP contribution >= 0.6 is 0 Å². The summed E-state index contributed by atoms with van der Waals surface area (Å²) < 4.78 is 0. The highest BCUT2D eigenvalue weighted by molar-refractivity contribution is 6.38. The highest BCUT2D eigenvalue weighted by Gasteiger charge is 2.20. The molecular formula is C14H13N3. The summed E-state index contributed by atoms with van der Waals surface area (Å²) in [6.07, 6.45) is 10.0. The monoisotopic (exact) mass is 223 g/mol. The predicted octanol–water partition coefficient (Wildman–Crippen LogP) is 2.01. The Morgan fingerprint density at radius 2 is 1.88 bits per heavy atom. The fraction of sp³-hybridized carbons (Fsp3) is 0.143. The molecule has 3 rings (SSSR count). The fourth-order valence-electron chi connectivity index (χ4n) is 2.04. The minimum Gasteiger partial charge on any atom is -0.399 e. The van der Waals surface area contributed by atoms with Gasteiger partial charge in [-0.25, -0.2) is 0 Å². The molecule has 0 bridgehead atoms. The lowest BCUT2D eigenvalue weighted by atomic mass is 10.0. The Hall–Kier alpha value is -2.16. The fourth-order valence-corrected chi connectivity index (χ4v) is 2.04. The van der Waals surface area contributed by atoms with E-state index >= 15 is 0 Å². The number of hydrogen-bond acceptors (Lipinski definition) is 3. The number of allylic oxidation sites excluding steroid dienone is 2. The molecule has 0 spiro atoms. The van der Waals surface area contributed by atoms with E-state index in [4.69, 9.17) is 5.73 Å². The SMILES string of the molecule is Nc1cccc(C2=N[C@@H]3C=CC=C[C@@H]3N=C2)c1. The minimum absolute atomic E-state index is 0.126. The molecule has 17 heavy (non-hydrogen) atoms. The minimum atomic E-state index is 0.126. The van der Waals surface area contributed by atoms with Crippen molar-refractivity contribution in [1.82, 2.24) is 0 Å². The van der Waals surface area contributed by atoms with E-state index in [0.717, 1.165) is 17.0 Å². The van der Waals surface area contributed by atoms with E-state index in [1.165, 1.54) is 0 Å². The average Bonchev–Trinajstić information content (AvgIpc) is 2.38. The number of anilines is 1. The van der Waals surface area contributed by atoms with Crippen molar-refractivity contribution >= 4 is 17.6 Å². The Balaban J connectivity index is 1.95. The first-order valence-electron chi connectivity index (χ1n) is 5.65. The molecular weight excluding hydrogens is 210 g/mol. The van der Waals surface area contributed by atoms with E-state index in [9.17, 15) is 0 Å². The molecule has 1 heterocycles. The Morgan fingerprint density at radius 3 is 2.71 bits per heavy atom. The number of nitrogens with two attached hydrogens (primary N) is 1. The Kier molecular flexibility index (Phi) is 2.37. The molecule has 2 N–H and O–H groups in total. The van der Waals surface area contributed by atoms with Crippen molar-refractivity contribution in [2.75, 3.05) is 5.73 Å². The second-order valence-corrected chi connectivity index (χ2v) is 4.17. The zero-order chi connectivity index (χ0) is 11.7. The first-order valence-corrected chi connectivity index (χ1v) is 5.65. The van der Waals surface area contributed by atoms with Gasteiger partial charge < -0.3 is 5.73 Å². The molecule has 1 aliphatic carbocycles. The summed E-state index contributed by atoms with van der Waals surface area (Å²) in [6.45, 7) is 0. The summed E-state index contributed by atoms with van der Waals surface area (Å²) in [5.41, 5.74) is 8.45. The third-order valence-corrected chi connectivity index (χ3v) is 2.92. The second-order valence-electron chi connectivity index (χ2n) is 4.17. The van der Waals surface area contributed by atoms with Crippen molar-refractivity contribution in [2.24, 2.45) is 9.98 Å². The second kappa shape index (κ2) is 4.01. The van der Waals surface area contributed by atoms with Crippen molar-refractivity contribution in [3.05, 3.63) is 54.1 Å². The van der Waals surface area contributed by atoms with Gasteiger partial charge in [-0.2, -0.15) is 0 Å². The van der Waals surface area contributed by atoms with E-state index in [-0.39, 0.29) is 12.1 Å². The van der Waals surface area contributed by atoms with E-state index in [0.29, 0.717) is 0 Å². The van der Waals surface area contributed by atoms with Crippen LogP contribution in [0.25, 0.3) is 0 Å². The van der Waals surface area contributed by atoms with Crippen molar-refractivity contribution in [3.63, 3.8) is 0 Å². The van der Waals surface area contributed by atoms with Gasteiger partial charge in [-0.3, -0.25) is 9.98 Å². The molecule has 2 atom stereocenters. The van der Waals surface area contributed by atoms with Gasteiger partial charge in [0.1, 0.15) is 0 Å². The summed E-state index contributed by atoms with van der Waals surface area (Å²) in [5, 5.41) is 0. The third-order valence-electron chi connectivity index (χ3n) is 2.92. The van der Waals surface area contributed by atoms with Gasteiger partial charge in [-0.1, -0.05) is 36.4 Å². The van der Waals surface area contributed by atoms with Gasteiger partial charge in [0.2, 0.25) is 0 Å². The predicted molar refractivity (Wildman–Crippen MR) is 71.7 cm³/mol. The summed E-state index contributed by atoms with van der Waals surface area (Å²) in [7, 11) is 0. The zero-order valence-corrected chi connectivity index (χ0v) is 9.32. The number of hydrogen-bond donors (Lipinski definition) is 1. The van der Waals surface area contributed by atoms with Crippen molar-refractivity contribution in [1.29, 1.82) is 0 Å². The van der Waals surface area contributed by atoms with Crippen LogP contribution in [0.2, 0.25) is 0 Å². The van der Waals surface area contributed by atoms with E-state index in [1.54, 1.807) is 0 Å². The molecule has 1 aliphatic heterocycles. The molecule has 0 amide bonds. The van der Waals surface area contributed by atoms with Crippen molar-refractivity contribution < 1.29 is 0 Å². The maximum atomic E-state index is 5.77. The molecule has 0 radical (unpaired) electrons. The largest absolute Gasteiger partial charge is 0.399 e. The van der Waals surface area contributed by atoms with Crippen molar-refractivity contribution in [3.8, 4) is 0 Å². The zero-order valence-electron chi connectivity index (χ0n) is 9.32. The third kappa shape index (κ3) is 1.91. The van der Waals surface area contributed by atoms with Crippen LogP contribution in [0.5, 0.6) is 0 Å². The van der Waals surface area contributed by atoms with Crippen LogP contribution in [0, 0.1) is 0 Å². The van der Waals surface area contributed by atoms with Gasteiger partial charge in [-0.15, -0.1) is 0 Å². The van der Waals surface area contributed by atoms with Crippen molar-refractivity contribution in [2.45, 2.75) is 12.1 Å². The van der Waals surface area contributed by atoms with Crippen LogP contribution in [-0.4, -0.2) is 24.0 Å². The number of nitrogen functional groups attached to an aromatic ring is 1. The van der Waals surface area contributed by atoms with Crippen LogP contribution < -0.4 is 5.73 Å². The number of nitrogens with zero attached hydrogens (tertiary/aromatic N) is 2. The van der Waals surface area contributed by atoms with Crippen LogP contribution in [0.3, 0.4) is 0 Å². The lowest BCUT2D eigenvalue weighted by Gasteiger charge is -2.21. The molecule has 0 saturated carbocycles. The van der Waals surface area contributed by atoms with E-state index < -0.39 is 0 Å². The standard InChI is InChI=1S/C14H13N3/c15-11-5-3-4-10(8-11)14-9-16-12-6-1-2-7-13(12)17-14/h1-9,12-13H,15H2/t12-,13+/m0/s1. The normalized spacial score (nSPS) is 25.5. The highest BCUT2D eigenvalue weighted by Crippen LogP contribution is 2.18. The lowest BCUT2D eigenvalue weighted by Crippen LogP contribution is -2.27. The number of fused-ring (bicyclic) bond motifs is 1. The molecule has 0 saturated heterocycles. The Bertz CT molecular complexity index is 552. The molecule has 0 unspecified atom stereocenters. The highest BCUT2D eigenvalue weighted by atomic mass is 14.9. The first-order chi connectivity index (χ1) is 8.33. The molecule has 3 nitrogen and oxygen atoms in total. The summed E-state index contributed by atoms with van der Waals surface area (Å²) in [4.78, 5) is 9.19. The van der Waals surface area contributed by atoms with Gasteiger partial charge in [0.15, 0.2) is 0 Å². The molecule has 1 aromatic rings.